The van der Waals surface area contributed by atoms with Crippen LogP contribution in [0.1, 0.15) is 12.5 Å². The molecule has 10 heteroatoms. The molecule has 1 fully saturated rings. The molecule has 196 valence electrons. The number of aromatic nitrogens is 3. The molecule has 0 unspecified atom stereocenters. The highest BCUT2D eigenvalue weighted by molar-refractivity contribution is 7.22. The molecule has 3 amide bonds. The van der Waals surface area contributed by atoms with Crippen molar-refractivity contribution in [1.29, 1.82) is 0 Å². The quantitative estimate of drug-likeness (QED) is 0.248. The summed E-state index contributed by atoms with van der Waals surface area (Å²) in [5.41, 5.74) is 1.94. The van der Waals surface area contributed by atoms with Crippen LogP contribution in [-0.4, -0.2) is 44.5 Å². The van der Waals surface area contributed by atoms with Gasteiger partial charge in [0.25, 0.3) is 0 Å². The number of hydrogen-bond donors (Lipinski definition) is 0. The van der Waals surface area contributed by atoms with Crippen LogP contribution in [0.15, 0.2) is 79.3 Å². The maximum atomic E-state index is 15.1. The van der Waals surface area contributed by atoms with Crippen LogP contribution < -0.4 is 9.64 Å². The van der Waals surface area contributed by atoms with Crippen LogP contribution >= 0.6 is 11.3 Å². The van der Waals surface area contributed by atoms with Crippen molar-refractivity contribution in [3.63, 3.8) is 0 Å². The van der Waals surface area contributed by atoms with Gasteiger partial charge in [-0.3, -0.25) is 19.6 Å². The smallest absolute Gasteiger partial charge is 0.331 e. The molecule has 1 saturated heterocycles. The Hall–Kier alpha value is -4.57. The number of urea groups is 1. The summed E-state index contributed by atoms with van der Waals surface area (Å²) in [5.74, 6) is 0.393. The largest absolute Gasteiger partial charge is 0.453 e. The predicted octanol–water partition coefficient (Wildman–Crippen LogP) is 6.12. The van der Waals surface area contributed by atoms with Gasteiger partial charge in [0.15, 0.2) is 11.6 Å². The Balaban J connectivity index is 1.17. The molecule has 3 aromatic heterocycles. The first-order chi connectivity index (χ1) is 19.0. The normalized spacial score (nSPS) is 13.4. The van der Waals surface area contributed by atoms with Crippen molar-refractivity contribution in [2.24, 2.45) is 0 Å². The number of thiophene rings is 1. The number of ether oxygens (including phenoxy) is 1. The van der Waals surface area contributed by atoms with Gasteiger partial charge in [-0.05, 0) is 42.8 Å². The number of benzene rings is 2. The van der Waals surface area contributed by atoms with E-state index in [4.69, 9.17) is 4.74 Å². The molecule has 1 aliphatic rings. The summed E-state index contributed by atoms with van der Waals surface area (Å²) in [6.07, 6.45) is 5.21. The number of rotatable bonds is 7. The maximum Gasteiger partial charge on any atom is 0.331 e. The summed E-state index contributed by atoms with van der Waals surface area (Å²) >= 11 is 1.48. The van der Waals surface area contributed by atoms with Crippen molar-refractivity contribution >= 4 is 39.2 Å². The van der Waals surface area contributed by atoms with E-state index in [-0.39, 0.29) is 30.7 Å². The summed E-state index contributed by atoms with van der Waals surface area (Å²) in [4.78, 5) is 38.3. The van der Waals surface area contributed by atoms with E-state index in [0.717, 1.165) is 33.2 Å². The molecule has 39 heavy (non-hydrogen) atoms. The van der Waals surface area contributed by atoms with Crippen LogP contribution in [0.2, 0.25) is 0 Å². The number of carbonyl (C=O) groups is 2. The molecule has 4 heterocycles. The van der Waals surface area contributed by atoms with E-state index in [1.807, 2.05) is 54.1 Å². The third-order valence-electron chi connectivity index (χ3n) is 6.60. The van der Waals surface area contributed by atoms with E-state index in [1.54, 1.807) is 29.4 Å². The SMILES string of the molecule is CCn1ccnc1-c1cc2nccc(Oc3ccc(CC(=O)N4CCN(c5ccccc5)C4=O)cc3F)c2s1. The molecule has 8 nitrogen and oxygen atoms in total. The van der Waals surface area contributed by atoms with Gasteiger partial charge in [0, 0.05) is 50.0 Å². The minimum Gasteiger partial charge on any atom is -0.453 e. The molecule has 0 spiro atoms. The Kier molecular flexibility index (Phi) is 6.54. The summed E-state index contributed by atoms with van der Waals surface area (Å²) in [6.45, 7) is 3.54. The van der Waals surface area contributed by atoms with Crippen LogP contribution in [-0.2, 0) is 17.8 Å². The number of imide groups is 1. The Morgan fingerprint density at radius 1 is 1.03 bits per heavy atom. The van der Waals surface area contributed by atoms with Gasteiger partial charge in [0.1, 0.15) is 11.6 Å². The molecular weight excluding hydrogens is 517 g/mol. The fourth-order valence-electron chi connectivity index (χ4n) is 4.64. The van der Waals surface area contributed by atoms with Gasteiger partial charge < -0.3 is 9.30 Å². The highest BCUT2D eigenvalue weighted by Gasteiger charge is 2.33. The van der Waals surface area contributed by atoms with Crippen LogP contribution in [0.4, 0.5) is 14.9 Å². The lowest BCUT2D eigenvalue weighted by molar-refractivity contribution is -0.126. The second-order valence-electron chi connectivity index (χ2n) is 9.03. The van der Waals surface area contributed by atoms with Crippen molar-refractivity contribution in [2.75, 3.05) is 18.0 Å². The van der Waals surface area contributed by atoms with Gasteiger partial charge in [0.05, 0.1) is 21.5 Å². The van der Waals surface area contributed by atoms with Crippen LogP contribution in [0.5, 0.6) is 11.5 Å². The second kappa shape index (κ2) is 10.3. The number of hydrogen-bond acceptors (Lipinski definition) is 6. The fraction of sp³-hybridized carbons (Fsp3) is 0.172. The van der Waals surface area contributed by atoms with Crippen molar-refractivity contribution in [2.45, 2.75) is 19.9 Å². The number of imidazole rings is 1. The van der Waals surface area contributed by atoms with Crippen LogP contribution in [0, 0.1) is 5.82 Å². The first kappa shape index (κ1) is 24.7. The molecule has 0 atom stereocenters. The highest BCUT2D eigenvalue weighted by atomic mass is 32.1. The first-order valence-corrected chi connectivity index (χ1v) is 13.4. The first-order valence-electron chi connectivity index (χ1n) is 12.5. The third kappa shape index (κ3) is 4.74. The fourth-order valence-corrected chi connectivity index (χ4v) is 5.71. The number of amides is 3. The Bertz CT molecular complexity index is 1680. The number of fused-ring (bicyclic) bond motifs is 1. The zero-order valence-electron chi connectivity index (χ0n) is 21.1. The minimum atomic E-state index is -0.595. The van der Waals surface area contributed by atoms with E-state index >= 15 is 4.39 Å². The molecular formula is C29H24FN5O3S. The van der Waals surface area contributed by atoms with Gasteiger partial charge in [-0.25, -0.2) is 14.2 Å². The number of carbonyl (C=O) groups excluding carboxylic acids is 2. The average molecular weight is 542 g/mol. The number of para-hydroxylation sites is 1. The molecule has 2 aromatic carbocycles. The minimum absolute atomic E-state index is 0.0382. The number of aryl methyl sites for hydroxylation is 1. The monoisotopic (exact) mass is 541 g/mol. The molecule has 0 aliphatic carbocycles. The van der Waals surface area contributed by atoms with Gasteiger partial charge in [-0.1, -0.05) is 24.3 Å². The number of pyridine rings is 1. The van der Waals surface area contributed by atoms with Gasteiger partial charge in [-0.15, -0.1) is 11.3 Å². The zero-order chi connectivity index (χ0) is 26.9. The molecule has 0 saturated carbocycles. The molecule has 5 aromatic rings. The standard InChI is InChI=1S/C29H24FN5O3S/c1-2-33-13-12-32-28(33)25-18-22-27(39-25)24(10-11-31-22)38-23-9-8-19(16-21(23)30)17-26(36)35-15-14-34(29(35)37)20-6-4-3-5-7-20/h3-13,16,18H,2,14-15,17H2,1H3. The number of halogens is 1. The van der Waals surface area contributed by atoms with E-state index in [0.29, 0.717) is 17.9 Å². The van der Waals surface area contributed by atoms with Gasteiger partial charge in [-0.2, -0.15) is 0 Å². The van der Waals surface area contributed by atoms with Crippen molar-refractivity contribution < 1.29 is 18.7 Å². The molecule has 0 radical (unpaired) electrons. The topological polar surface area (TPSA) is 80.6 Å². The van der Waals surface area contributed by atoms with E-state index in [9.17, 15) is 9.59 Å². The second-order valence-corrected chi connectivity index (χ2v) is 10.1. The average Bonchev–Trinajstić information content (AvgIpc) is 3.68. The van der Waals surface area contributed by atoms with Gasteiger partial charge >= 0.3 is 6.03 Å². The Labute approximate surface area is 227 Å². The van der Waals surface area contributed by atoms with Gasteiger partial charge in [0.2, 0.25) is 5.91 Å². The Morgan fingerprint density at radius 2 is 1.87 bits per heavy atom. The van der Waals surface area contributed by atoms with Crippen molar-refractivity contribution in [1.82, 2.24) is 19.4 Å². The van der Waals surface area contributed by atoms with E-state index in [2.05, 4.69) is 9.97 Å². The van der Waals surface area contributed by atoms with E-state index in [1.165, 1.54) is 28.4 Å². The van der Waals surface area contributed by atoms with Crippen molar-refractivity contribution in [3.05, 3.63) is 90.6 Å². The lowest BCUT2D eigenvalue weighted by Gasteiger charge is -2.17. The summed E-state index contributed by atoms with van der Waals surface area (Å²) in [6, 6.07) is 16.9. The zero-order valence-corrected chi connectivity index (χ0v) is 21.9. The highest BCUT2D eigenvalue weighted by Crippen LogP contribution is 2.39. The molecule has 1 aliphatic heterocycles. The summed E-state index contributed by atoms with van der Waals surface area (Å²) in [5, 5.41) is 0. The van der Waals surface area contributed by atoms with Crippen LogP contribution in [0.3, 0.4) is 0 Å². The van der Waals surface area contributed by atoms with Crippen molar-refractivity contribution in [3.8, 4) is 22.2 Å². The molecule has 0 bridgehead atoms. The molecule has 6 rings (SSSR count). The summed E-state index contributed by atoms with van der Waals surface area (Å²) < 4.78 is 23.9. The third-order valence-corrected chi connectivity index (χ3v) is 7.74. The molecule has 0 N–H and O–H groups in total. The lowest BCUT2D eigenvalue weighted by atomic mass is 10.1. The van der Waals surface area contributed by atoms with E-state index < -0.39 is 5.82 Å². The maximum absolute atomic E-state index is 15.1. The number of anilines is 1. The Morgan fingerprint density at radius 3 is 2.67 bits per heavy atom. The lowest BCUT2D eigenvalue weighted by Crippen LogP contribution is -2.37. The number of nitrogens with zero attached hydrogens (tertiary/aromatic N) is 5. The predicted molar refractivity (Wildman–Crippen MR) is 148 cm³/mol. The van der Waals surface area contributed by atoms with Crippen LogP contribution in [0.25, 0.3) is 20.9 Å². The summed E-state index contributed by atoms with van der Waals surface area (Å²) in [7, 11) is 0.